The highest BCUT2D eigenvalue weighted by Crippen LogP contribution is 2.32. The molecule has 23 heavy (non-hydrogen) atoms. The topological polar surface area (TPSA) is 67.6 Å². The standard InChI is InChI=1S/C17H21N3O3/c1-12-9-16(23-19-12)15-7-4-8-20(15)17(21)18-11-13-5-3-6-14(10-13)22-2/h3,5-6,9-10,15H,4,7-8,11H2,1-2H3,(H,18,21). The summed E-state index contributed by atoms with van der Waals surface area (Å²) in [7, 11) is 1.63. The molecule has 0 saturated carbocycles. The van der Waals surface area contributed by atoms with Crippen LogP contribution in [0, 0.1) is 6.92 Å². The average molecular weight is 315 g/mol. The number of nitrogens with one attached hydrogen (secondary N) is 1. The molecule has 6 nitrogen and oxygen atoms in total. The van der Waals surface area contributed by atoms with Crippen molar-refractivity contribution in [2.24, 2.45) is 0 Å². The van der Waals surface area contributed by atoms with Gasteiger partial charge in [-0.05, 0) is 37.5 Å². The minimum Gasteiger partial charge on any atom is -0.497 e. The van der Waals surface area contributed by atoms with Crippen LogP contribution in [0.5, 0.6) is 5.75 Å². The SMILES string of the molecule is COc1cccc(CNC(=O)N2CCCC2c2cc(C)no2)c1. The zero-order chi connectivity index (χ0) is 16.2. The van der Waals surface area contributed by atoms with Crippen LogP contribution >= 0.6 is 0 Å². The van der Waals surface area contributed by atoms with E-state index in [4.69, 9.17) is 9.26 Å². The molecule has 2 aromatic rings. The fraction of sp³-hybridized carbons (Fsp3) is 0.412. The number of urea groups is 1. The molecule has 2 amide bonds. The minimum atomic E-state index is -0.0793. The molecule has 1 aliphatic rings. The maximum atomic E-state index is 12.5. The number of likely N-dealkylation sites (tertiary alicyclic amines) is 1. The Morgan fingerprint density at radius 1 is 1.48 bits per heavy atom. The molecule has 6 heteroatoms. The zero-order valence-electron chi connectivity index (χ0n) is 13.4. The van der Waals surface area contributed by atoms with E-state index in [0.717, 1.165) is 42.2 Å². The van der Waals surface area contributed by atoms with Gasteiger partial charge in [-0.3, -0.25) is 0 Å². The molecule has 2 heterocycles. The number of benzene rings is 1. The minimum absolute atomic E-state index is 0.0264. The lowest BCUT2D eigenvalue weighted by Crippen LogP contribution is -2.39. The van der Waals surface area contributed by atoms with Crippen LogP contribution in [-0.4, -0.2) is 29.7 Å². The van der Waals surface area contributed by atoms with Gasteiger partial charge in [-0.15, -0.1) is 0 Å². The van der Waals surface area contributed by atoms with Crippen molar-refractivity contribution >= 4 is 6.03 Å². The number of rotatable bonds is 4. The Hall–Kier alpha value is -2.50. The lowest BCUT2D eigenvalue weighted by atomic mass is 10.1. The van der Waals surface area contributed by atoms with Gasteiger partial charge in [0.25, 0.3) is 0 Å². The van der Waals surface area contributed by atoms with Crippen LogP contribution in [0.15, 0.2) is 34.9 Å². The van der Waals surface area contributed by atoms with Crippen molar-refractivity contribution < 1.29 is 14.1 Å². The summed E-state index contributed by atoms with van der Waals surface area (Å²) in [6.07, 6.45) is 1.87. The van der Waals surface area contributed by atoms with E-state index in [1.807, 2.05) is 42.2 Å². The summed E-state index contributed by atoms with van der Waals surface area (Å²) in [5.74, 6) is 1.55. The molecule has 3 rings (SSSR count). The van der Waals surface area contributed by atoms with Crippen LogP contribution in [0.2, 0.25) is 0 Å². The lowest BCUT2D eigenvalue weighted by Gasteiger charge is -2.23. The second kappa shape index (κ2) is 6.73. The number of carbonyl (C=O) groups is 1. The van der Waals surface area contributed by atoms with Gasteiger partial charge in [0.15, 0.2) is 5.76 Å². The molecule has 1 aromatic heterocycles. The van der Waals surface area contributed by atoms with E-state index in [-0.39, 0.29) is 12.1 Å². The molecule has 1 atom stereocenters. The molecule has 1 saturated heterocycles. The van der Waals surface area contributed by atoms with Gasteiger partial charge in [-0.2, -0.15) is 0 Å². The summed E-state index contributed by atoms with van der Waals surface area (Å²) < 4.78 is 10.5. The van der Waals surface area contributed by atoms with E-state index in [1.165, 1.54) is 0 Å². The monoisotopic (exact) mass is 315 g/mol. The van der Waals surface area contributed by atoms with E-state index in [1.54, 1.807) is 7.11 Å². The second-order valence-electron chi connectivity index (χ2n) is 5.73. The van der Waals surface area contributed by atoms with Gasteiger partial charge in [-0.25, -0.2) is 4.79 Å². The molecule has 122 valence electrons. The number of carbonyl (C=O) groups excluding carboxylic acids is 1. The first-order valence-corrected chi connectivity index (χ1v) is 7.78. The molecule has 0 spiro atoms. The maximum absolute atomic E-state index is 12.5. The van der Waals surface area contributed by atoms with Gasteiger partial charge in [0.2, 0.25) is 0 Å². The highest BCUT2D eigenvalue weighted by atomic mass is 16.5. The predicted octanol–water partition coefficient (Wildman–Crippen LogP) is 3.04. The van der Waals surface area contributed by atoms with Gasteiger partial charge in [0.1, 0.15) is 5.75 Å². The van der Waals surface area contributed by atoms with Gasteiger partial charge < -0.3 is 19.5 Å². The van der Waals surface area contributed by atoms with Gasteiger partial charge in [0, 0.05) is 19.2 Å². The zero-order valence-corrected chi connectivity index (χ0v) is 13.4. The number of aryl methyl sites for hydroxylation is 1. The maximum Gasteiger partial charge on any atom is 0.318 e. The number of aromatic nitrogens is 1. The number of amides is 2. The van der Waals surface area contributed by atoms with Gasteiger partial charge >= 0.3 is 6.03 Å². The number of ether oxygens (including phenoxy) is 1. The lowest BCUT2D eigenvalue weighted by molar-refractivity contribution is 0.182. The molecule has 1 aliphatic heterocycles. The van der Waals surface area contributed by atoms with E-state index < -0.39 is 0 Å². The largest absolute Gasteiger partial charge is 0.497 e. The third-order valence-corrected chi connectivity index (χ3v) is 4.07. The Morgan fingerprint density at radius 3 is 3.09 bits per heavy atom. The Morgan fingerprint density at radius 2 is 2.35 bits per heavy atom. The molecule has 1 fully saturated rings. The molecule has 0 radical (unpaired) electrons. The molecule has 1 unspecified atom stereocenters. The van der Waals surface area contributed by atoms with Crippen LogP contribution < -0.4 is 10.1 Å². The highest BCUT2D eigenvalue weighted by Gasteiger charge is 2.32. The molecule has 1 N–H and O–H groups in total. The molecular weight excluding hydrogens is 294 g/mol. The number of hydrogen-bond acceptors (Lipinski definition) is 4. The van der Waals surface area contributed by atoms with Crippen molar-refractivity contribution in [1.29, 1.82) is 0 Å². The number of hydrogen-bond donors (Lipinski definition) is 1. The Balaban J connectivity index is 1.63. The summed E-state index contributed by atoms with van der Waals surface area (Å²) in [4.78, 5) is 14.3. The summed E-state index contributed by atoms with van der Waals surface area (Å²) in [6, 6.07) is 9.47. The Bertz CT molecular complexity index is 683. The summed E-state index contributed by atoms with van der Waals surface area (Å²) in [5.41, 5.74) is 1.84. The fourth-order valence-corrected chi connectivity index (χ4v) is 2.91. The number of nitrogens with zero attached hydrogens (tertiary/aromatic N) is 2. The third kappa shape index (κ3) is 3.47. The second-order valence-corrected chi connectivity index (χ2v) is 5.73. The summed E-state index contributed by atoms with van der Waals surface area (Å²) in [6.45, 7) is 3.08. The molecular formula is C17H21N3O3. The normalized spacial score (nSPS) is 17.3. The van der Waals surface area contributed by atoms with Gasteiger partial charge in [0.05, 0.1) is 18.8 Å². The van der Waals surface area contributed by atoms with Crippen molar-refractivity contribution in [3.63, 3.8) is 0 Å². The molecule has 0 bridgehead atoms. The van der Waals surface area contributed by atoms with Crippen LogP contribution in [0.1, 0.15) is 35.9 Å². The van der Waals surface area contributed by atoms with E-state index in [0.29, 0.717) is 6.54 Å². The Labute approximate surface area is 135 Å². The predicted molar refractivity (Wildman–Crippen MR) is 85.2 cm³/mol. The molecule has 0 aliphatic carbocycles. The van der Waals surface area contributed by atoms with E-state index in [9.17, 15) is 4.79 Å². The van der Waals surface area contributed by atoms with E-state index in [2.05, 4.69) is 10.5 Å². The van der Waals surface area contributed by atoms with Crippen molar-refractivity contribution in [3.05, 3.63) is 47.3 Å². The van der Waals surface area contributed by atoms with Crippen LogP contribution in [-0.2, 0) is 6.54 Å². The molecule has 1 aromatic carbocycles. The smallest absolute Gasteiger partial charge is 0.318 e. The van der Waals surface area contributed by atoms with Crippen molar-refractivity contribution in [1.82, 2.24) is 15.4 Å². The van der Waals surface area contributed by atoms with Crippen LogP contribution in [0.4, 0.5) is 4.79 Å². The quantitative estimate of drug-likeness (QED) is 0.941. The van der Waals surface area contributed by atoms with E-state index >= 15 is 0 Å². The average Bonchev–Trinajstić information content (AvgIpc) is 3.21. The van der Waals surface area contributed by atoms with Gasteiger partial charge in [-0.1, -0.05) is 17.3 Å². The van der Waals surface area contributed by atoms with Crippen molar-refractivity contribution in [2.75, 3.05) is 13.7 Å². The highest BCUT2D eigenvalue weighted by molar-refractivity contribution is 5.75. The van der Waals surface area contributed by atoms with Crippen molar-refractivity contribution in [2.45, 2.75) is 32.4 Å². The first-order valence-electron chi connectivity index (χ1n) is 7.78. The number of methoxy groups -OCH3 is 1. The van der Waals surface area contributed by atoms with Crippen LogP contribution in [0.25, 0.3) is 0 Å². The third-order valence-electron chi connectivity index (χ3n) is 4.07. The Kier molecular flexibility index (Phi) is 4.50. The fourth-order valence-electron chi connectivity index (χ4n) is 2.91. The summed E-state index contributed by atoms with van der Waals surface area (Å²) >= 11 is 0. The first kappa shape index (κ1) is 15.4. The van der Waals surface area contributed by atoms with Crippen molar-refractivity contribution in [3.8, 4) is 5.75 Å². The summed E-state index contributed by atoms with van der Waals surface area (Å²) in [5, 5.41) is 6.89. The van der Waals surface area contributed by atoms with Crippen LogP contribution in [0.3, 0.4) is 0 Å². The first-order chi connectivity index (χ1) is 11.2.